The van der Waals surface area contributed by atoms with E-state index in [1.807, 2.05) is 6.07 Å². The molecule has 2 heterocycles. The van der Waals surface area contributed by atoms with E-state index in [2.05, 4.69) is 4.98 Å². The molecule has 7 heteroatoms. The maximum Gasteiger partial charge on any atom is 0.354 e. The van der Waals surface area contributed by atoms with Crippen LogP contribution in [0.5, 0.6) is 0 Å². The van der Waals surface area contributed by atoms with Gasteiger partial charge in [0.15, 0.2) is 5.78 Å². The van der Waals surface area contributed by atoms with Crippen LogP contribution < -0.4 is 0 Å². The van der Waals surface area contributed by atoms with Gasteiger partial charge < -0.3 is 19.4 Å². The number of methoxy groups -OCH3 is 1. The second-order valence-corrected chi connectivity index (χ2v) is 7.23. The van der Waals surface area contributed by atoms with E-state index in [1.54, 1.807) is 38.1 Å². The molecule has 3 rings (SSSR count). The number of ketones is 1. The van der Waals surface area contributed by atoms with Crippen molar-refractivity contribution in [2.24, 2.45) is 0 Å². The molecule has 1 aliphatic rings. The third-order valence-corrected chi connectivity index (χ3v) is 5.20. The zero-order valence-corrected chi connectivity index (χ0v) is 17.0. The molecule has 2 aromatic rings. The Morgan fingerprint density at radius 2 is 1.93 bits per heavy atom. The largest absolute Gasteiger partial charge is 0.464 e. The summed E-state index contributed by atoms with van der Waals surface area (Å²) in [5.41, 5.74) is 2.31. The van der Waals surface area contributed by atoms with Gasteiger partial charge in [0, 0.05) is 30.0 Å². The third kappa shape index (κ3) is 4.56. The van der Waals surface area contributed by atoms with Gasteiger partial charge in [0.05, 0.1) is 19.8 Å². The number of amides is 1. The second-order valence-electron chi connectivity index (χ2n) is 7.23. The van der Waals surface area contributed by atoms with Crippen molar-refractivity contribution in [3.8, 4) is 0 Å². The molecule has 1 amide bonds. The number of nitrogens with one attached hydrogen (secondary N) is 1. The highest BCUT2D eigenvalue weighted by atomic mass is 16.5. The van der Waals surface area contributed by atoms with Crippen molar-refractivity contribution < 1.29 is 23.9 Å². The average Bonchev–Trinajstić information content (AvgIpc) is 3.34. The van der Waals surface area contributed by atoms with E-state index in [0.717, 1.165) is 12.8 Å². The van der Waals surface area contributed by atoms with Crippen LogP contribution in [0.3, 0.4) is 0 Å². The Bertz CT molecular complexity index is 897. The molecule has 1 aliphatic heterocycles. The molecule has 7 nitrogen and oxygen atoms in total. The standard InChI is InChI=1S/C22H26N2O5/c1-14-19(15(2)23-20(14)22(27)28-3)18(25)13-24(12-17-10-7-11-29-17)21(26)16-8-5-4-6-9-16/h4-6,8-9,17,23H,7,10-13H2,1-3H3/t17-/m1/s1. The van der Waals surface area contributed by atoms with Crippen LogP contribution in [0.4, 0.5) is 0 Å². The smallest absolute Gasteiger partial charge is 0.354 e. The molecule has 1 fully saturated rings. The number of aromatic nitrogens is 1. The van der Waals surface area contributed by atoms with Crippen LogP contribution in [0.25, 0.3) is 0 Å². The number of carbonyl (C=O) groups is 3. The van der Waals surface area contributed by atoms with E-state index in [0.29, 0.717) is 35.5 Å². The first-order valence-electron chi connectivity index (χ1n) is 9.69. The molecule has 1 saturated heterocycles. The summed E-state index contributed by atoms with van der Waals surface area (Å²) in [6.45, 7) is 4.37. The number of carbonyl (C=O) groups excluding carboxylic acids is 3. The monoisotopic (exact) mass is 398 g/mol. The van der Waals surface area contributed by atoms with Crippen molar-refractivity contribution in [3.05, 3.63) is 58.4 Å². The van der Waals surface area contributed by atoms with Gasteiger partial charge >= 0.3 is 5.97 Å². The minimum absolute atomic E-state index is 0.0745. The topological polar surface area (TPSA) is 88.7 Å². The van der Waals surface area contributed by atoms with E-state index < -0.39 is 5.97 Å². The average molecular weight is 398 g/mol. The van der Waals surface area contributed by atoms with Crippen LogP contribution in [0, 0.1) is 13.8 Å². The van der Waals surface area contributed by atoms with Gasteiger partial charge in [-0.1, -0.05) is 18.2 Å². The van der Waals surface area contributed by atoms with Gasteiger partial charge in [0.25, 0.3) is 5.91 Å². The molecular formula is C22H26N2O5. The molecule has 1 aromatic heterocycles. The van der Waals surface area contributed by atoms with E-state index >= 15 is 0 Å². The minimum Gasteiger partial charge on any atom is -0.464 e. The zero-order valence-electron chi connectivity index (χ0n) is 17.0. The lowest BCUT2D eigenvalue weighted by molar-refractivity contribution is 0.0506. The molecule has 0 radical (unpaired) electrons. The Hall–Kier alpha value is -2.93. The van der Waals surface area contributed by atoms with Gasteiger partial charge in [0.2, 0.25) is 0 Å². The zero-order chi connectivity index (χ0) is 21.0. The number of Topliss-reactive ketones (excluding diaryl/α,β-unsaturated/α-hetero) is 1. The Kier molecular flexibility index (Phi) is 6.49. The molecule has 0 saturated carbocycles. The molecular weight excluding hydrogens is 372 g/mol. The molecule has 154 valence electrons. The first kappa shape index (κ1) is 20.8. The lowest BCUT2D eigenvalue weighted by Crippen LogP contribution is -2.41. The molecule has 0 aliphatic carbocycles. The van der Waals surface area contributed by atoms with Crippen LogP contribution in [-0.2, 0) is 9.47 Å². The molecule has 1 atom stereocenters. The highest BCUT2D eigenvalue weighted by Gasteiger charge is 2.28. The van der Waals surface area contributed by atoms with Gasteiger partial charge in [-0.05, 0) is 44.4 Å². The minimum atomic E-state index is -0.527. The molecule has 0 spiro atoms. The van der Waals surface area contributed by atoms with Crippen molar-refractivity contribution in [2.45, 2.75) is 32.8 Å². The fourth-order valence-corrected chi connectivity index (χ4v) is 3.74. The maximum absolute atomic E-state index is 13.1. The van der Waals surface area contributed by atoms with E-state index in [-0.39, 0.29) is 30.0 Å². The number of aromatic amines is 1. The number of ether oxygens (including phenoxy) is 2. The summed E-state index contributed by atoms with van der Waals surface area (Å²) in [5.74, 6) is -0.969. The molecule has 1 N–H and O–H groups in total. The molecule has 1 aromatic carbocycles. The SMILES string of the molecule is COC(=O)c1[nH]c(C)c(C(=O)CN(C[C@H]2CCCO2)C(=O)c2ccccc2)c1C. The van der Waals surface area contributed by atoms with Gasteiger partial charge in [-0.25, -0.2) is 4.79 Å². The number of hydrogen-bond acceptors (Lipinski definition) is 5. The normalized spacial score (nSPS) is 15.9. The molecule has 0 unspecified atom stereocenters. The molecule has 29 heavy (non-hydrogen) atoms. The lowest BCUT2D eigenvalue weighted by Gasteiger charge is -2.25. The predicted molar refractivity (Wildman–Crippen MR) is 107 cm³/mol. The summed E-state index contributed by atoms with van der Waals surface area (Å²) in [7, 11) is 1.29. The number of hydrogen-bond donors (Lipinski definition) is 1. The van der Waals surface area contributed by atoms with E-state index in [9.17, 15) is 14.4 Å². The van der Waals surface area contributed by atoms with Crippen molar-refractivity contribution in [1.29, 1.82) is 0 Å². The Morgan fingerprint density at radius 3 is 2.55 bits per heavy atom. The first-order chi connectivity index (χ1) is 13.9. The van der Waals surface area contributed by atoms with E-state index in [4.69, 9.17) is 9.47 Å². The fraction of sp³-hybridized carbons (Fsp3) is 0.409. The second kappa shape index (κ2) is 9.05. The van der Waals surface area contributed by atoms with Crippen molar-refractivity contribution >= 4 is 17.7 Å². The van der Waals surface area contributed by atoms with Crippen LogP contribution >= 0.6 is 0 Å². The number of esters is 1. The quantitative estimate of drug-likeness (QED) is 0.572. The highest BCUT2D eigenvalue weighted by Crippen LogP contribution is 2.21. The van der Waals surface area contributed by atoms with Crippen LogP contribution in [0.1, 0.15) is 55.3 Å². The Labute approximate surface area is 170 Å². The van der Waals surface area contributed by atoms with Crippen molar-refractivity contribution in [1.82, 2.24) is 9.88 Å². The van der Waals surface area contributed by atoms with Crippen LogP contribution in [0.2, 0.25) is 0 Å². The third-order valence-electron chi connectivity index (χ3n) is 5.20. The van der Waals surface area contributed by atoms with Gasteiger partial charge in [-0.15, -0.1) is 0 Å². The summed E-state index contributed by atoms with van der Waals surface area (Å²) in [6, 6.07) is 8.90. The summed E-state index contributed by atoms with van der Waals surface area (Å²) in [4.78, 5) is 42.6. The number of H-pyrrole nitrogens is 1. The predicted octanol–water partition coefficient (Wildman–Crippen LogP) is 2.92. The molecule has 0 bridgehead atoms. The van der Waals surface area contributed by atoms with Crippen molar-refractivity contribution in [3.63, 3.8) is 0 Å². The number of nitrogens with zero attached hydrogens (tertiary/aromatic N) is 1. The number of rotatable bonds is 7. The lowest BCUT2D eigenvalue weighted by atomic mass is 10.0. The van der Waals surface area contributed by atoms with Gasteiger partial charge in [-0.2, -0.15) is 0 Å². The van der Waals surface area contributed by atoms with Crippen LogP contribution in [-0.4, -0.2) is 60.5 Å². The van der Waals surface area contributed by atoms with Crippen LogP contribution in [0.15, 0.2) is 30.3 Å². The summed E-state index contributed by atoms with van der Waals surface area (Å²) in [6.07, 6.45) is 1.74. The highest BCUT2D eigenvalue weighted by molar-refractivity contribution is 6.05. The van der Waals surface area contributed by atoms with Gasteiger partial charge in [-0.3, -0.25) is 9.59 Å². The number of aryl methyl sites for hydroxylation is 1. The van der Waals surface area contributed by atoms with E-state index in [1.165, 1.54) is 12.0 Å². The summed E-state index contributed by atoms with van der Waals surface area (Å²) >= 11 is 0. The fourth-order valence-electron chi connectivity index (χ4n) is 3.74. The summed E-state index contributed by atoms with van der Waals surface area (Å²) < 4.78 is 10.5. The summed E-state index contributed by atoms with van der Waals surface area (Å²) in [5, 5.41) is 0. The Morgan fingerprint density at radius 1 is 1.21 bits per heavy atom. The number of benzene rings is 1. The van der Waals surface area contributed by atoms with Gasteiger partial charge in [0.1, 0.15) is 5.69 Å². The Balaban J connectivity index is 1.85. The maximum atomic E-state index is 13.1. The van der Waals surface area contributed by atoms with Crippen molar-refractivity contribution in [2.75, 3.05) is 26.8 Å². The first-order valence-corrected chi connectivity index (χ1v) is 9.69.